The van der Waals surface area contributed by atoms with Gasteiger partial charge in [-0.3, -0.25) is 0 Å². The molecule has 0 bridgehead atoms. The van der Waals surface area contributed by atoms with Gasteiger partial charge < -0.3 is 14.2 Å². The maximum Gasteiger partial charge on any atom is 0.127 e. The Morgan fingerprint density at radius 2 is 2.20 bits per heavy atom. The summed E-state index contributed by atoms with van der Waals surface area (Å²) in [5, 5.41) is 0. The highest BCUT2D eigenvalue weighted by molar-refractivity contribution is 6.17. The van der Waals surface area contributed by atoms with E-state index >= 15 is 0 Å². The quantitative estimate of drug-likeness (QED) is 0.707. The van der Waals surface area contributed by atoms with Crippen LogP contribution in [-0.4, -0.2) is 25.9 Å². The molecule has 2 rings (SSSR count). The van der Waals surface area contributed by atoms with Gasteiger partial charge in [0.25, 0.3) is 0 Å². The largest absolute Gasteiger partial charge is 0.493 e. The molecular formula is C16H23ClO3. The van der Waals surface area contributed by atoms with Crippen LogP contribution < -0.4 is 9.47 Å². The second kappa shape index (κ2) is 8.38. The molecule has 0 aromatic heterocycles. The number of benzene rings is 1. The fourth-order valence-electron chi connectivity index (χ4n) is 2.21. The zero-order valence-corrected chi connectivity index (χ0v) is 12.8. The molecular weight excluding hydrogens is 276 g/mol. The van der Waals surface area contributed by atoms with Crippen molar-refractivity contribution in [2.24, 2.45) is 0 Å². The molecule has 0 saturated carbocycles. The molecule has 0 amide bonds. The van der Waals surface area contributed by atoms with Crippen molar-refractivity contribution >= 4 is 11.6 Å². The van der Waals surface area contributed by atoms with Gasteiger partial charge >= 0.3 is 0 Å². The van der Waals surface area contributed by atoms with Crippen LogP contribution in [0.3, 0.4) is 0 Å². The summed E-state index contributed by atoms with van der Waals surface area (Å²) in [5.74, 6) is 2.08. The van der Waals surface area contributed by atoms with Crippen molar-refractivity contribution in [3.63, 3.8) is 0 Å². The summed E-state index contributed by atoms with van der Waals surface area (Å²) in [6.07, 6.45) is 4.64. The fourth-order valence-corrected chi connectivity index (χ4v) is 2.43. The van der Waals surface area contributed by atoms with Gasteiger partial charge in [-0.15, -0.1) is 11.6 Å². The number of hydrogen-bond donors (Lipinski definition) is 0. The average Bonchev–Trinajstić information content (AvgIpc) is 2.52. The van der Waals surface area contributed by atoms with Crippen molar-refractivity contribution in [1.82, 2.24) is 0 Å². The summed E-state index contributed by atoms with van der Waals surface area (Å²) in [6.45, 7) is 4.23. The van der Waals surface area contributed by atoms with E-state index in [-0.39, 0.29) is 6.10 Å². The Labute approximate surface area is 126 Å². The van der Waals surface area contributed by atoms with Crippen LogP contribution in [-0.2, 0) is 10.6 Å². The molecule has 1 aliphatic rings. The molecule has 1 aromatic rings. The second-order valence-corrected chi connectivity index (χ2v) is 5.32. The molecule has 3 nitrogen and oxygen atoms in total. The first-order chi connectivity index (χ1) is 9.83. The lowest BCUT2D eigenvalue weighted by Crippen LogP contribution is -2.26. The van der Waals surface area contributed by atoms with Gasteiger partial charge in [0, 0.05) is 18.2 Å². The van der Waals surface area contributed by atoms with Gasteiger partial charge in [-0.2, -0.15) is 0 Å². The number of rotatable bonds is 7. The van der Waals surface area contributed by atoms with Crippen LogP contribution in [0.4, 0.5) is 0 Å². The van der Waals surface area contributed by atoms with Crippen LogP contribution in [0.1, 0.15) is 38.2 Å². The Morgan fingerprint density at radius 3 is 2.90 bits per heavy atom. The van der Waals surface area contributed by atoms with Crippen LogP contribution in [0.2, 0.25) is 0 Å². The number of alkyl halides is 1. The Kier molecular flexibility index (Phi) is 6.48. The van der Waals surface area contributed by atoms with Crippen molar-refractivity contribution in [1.29, 1.82) is 0 Å². The molecule has 1 aliphatic heterocycles. The Balaban J connectivity index is 1.96. The maximum absolute atomic E-state index is 5.96. The zero-order valence-electron chi connectivity index (χ0n) is 12.1. The monoisotopic (exact) mass is 298 g/mol. The molecule has 0 radical (unpaired) electrons. The van der Waals surface area contributed by atoms with Crippen LogP contribution in [0.25, 0.3) is 0 Å². The van der Waals surface area contributed by atoms with E-state index in [1.165, 1.54) is 6.42 Å². The van der Waals surface area contributed by atoms with E-state index < -0.39 is 0 Å². The van der Waals surface area contributed by atoms with Crippen LogP contribution >= 0.6 is 11.6 Å². The fraction of sp³-hybridized carbons (Fsp3) is 0.625. The number of halogens is 1. The summed E-state index contributed by atoms with van der Waals surface area (Å²) < 4.78 is 17.2. The van der Waals surface area contributed by atoms with Crippen LogP contribution in [0.5, 0.6) is 11.5 Å². The Hall–Kier alpha value is -0.930. The van der Waals surface area contributed by atoms with E-state index in [1.54, 1.807) is 0 Å². The summed E-state index contributed by atoms with van der Waals surface area (Å²) in [7, 11) is 0. The average molecular weight is 299 g/mol. The molecule has 1 atom stereocenters. The minimum atomic E-state index is 0.201. The van der Waals surface area contributed by atoms with Crippen molar-refractivity contribution in [2.45, 2.75) is 44.6 Å². The first-order valence-corrected chi connectivity index (χ1v) is 7.93. The normalized spacial score (nSPS) is 18.8. The van der Waals surface area contributed by atoms with E-state index in [0.29, 0.717) is 19.1 Å². The number of ether oxygens (including phenoxy) is 3. The summed E-state index contributed by atoms with van der Waals surface area (Å²) >= 11 is 5.96. The third kappa shape index (κ3) is 4.57. The van der Waals surface area contributed by atoms with Crippen LogP contribution in [0, 0.1) is 0 Å². The highest BCUT2D eigenvalue weighted by Crippen LogP contribution is 2.27. The van der Waals surface area contributed by atoms with Gasteiger partial charge in [-0.25, -0.2) is 0 Å². The van der Waals surface area contributed by atoms with E-state index in [0.717, 1.165) is 42.9 Å². The second-order valence-electron chi connectivity index (χ2n) is 5.05. The molecule has 1 aromatic carbocycles. The third-order valence-corrected chi connectivity index (χ3v) is 3.64. The molecule has 1 heterocycles. The summed E-state index contributed by atoms with van der Waals surface area (Å²) in [4.78, 5) is 0. The van der Waals surface area contributed by atoms with Gasteiger partial charge in [-0.1, -0.05) is 13.0 Å². The zero-order chi connectivity index (χ0) is 14.2. The lowest BCUT2D eigenvalue weighted by Gasteiger charge is -2.23. The SMILES string of the molecule is CCCOc1ccc(CCl)c(OCC2CCCCO2)c1. The molecule has 4 heteroatoms. The first-order valence-electron chi connectivity index (χ1n) is 7.39. The Bertz CT molecular complexity index is 403. The first kappa shape index (κ1) is 15.5. The summed E-state index contributed by atoms with van der Waals surface area (Å²) in [6, 6.07) is 5.84. The highest BCUT2D eigenvalue weighted by atomic mass is 35.5. The maximum atomic E-state index is 5.96. The molecule has 0 spiro atoms. The summed E-state index contributed by atoms with van der Waals surface area (Å²) in [5.41, 5.74) is 0.992. The van der Waals surface area contributed by atoms with Crippen LogP contribution in [0.15, 0.2) is 18.2 Å². The minimum absolute atomic E-state index is 0.201. The van der Waals surface area contributed by atoms with Crippen molar-refractivity contribution in [3.05, 3.63) is 23.8 Å². The van der Waals surface area contributed by atoms with Gasteiger partial charge in [0.2, 0.25) is 0 Å². The van der Waals surface area contributed by atoms with Gasteiger partial charge in [0.1, 0.15) is 18.1 Å². The minimum Gasteiger partial charge on any atom is -0.493 e. The highest BCUT2D eigenvalue weighted by Gasteiger charge is 2.15. The molecule has 20 heavy (non-hydrogen) atoms. The van der Waals surface area contributed by atoms with E-state index in [9.17, 15) is 0 Å². The van der Waals surface area contributed by atoms with Gasteiger partial charge in [-0.05, 0) is 31.7 Å². The molecule has 1 fully saturated rings. The smallest absolute Gasteiger partial charge is 0.127 e. The van der Waals surface area contributed by atoms with Crippen molar-refractivity contribution in [2.75, 3.05) is 19.8 Å². The molecule has 0 aliphatic carbocycles. The number of hydrogen-bond acceptors (Lipinski definition) is 3. The lowest BCUT2D eigenvalue weighted by atomic mass is 10.1. The third-order valence-electron chi connectivity index (χ3n) is 3.35. The van der Waals surface area contributed by atoms with E-state index in [1.807, 2.05) is 18.2 Å². The molecule has 1 unspecified atom stereocenters. The van der Waals surface area contributed by atoms with E-state index in [2.05, 4.69) is 6.92 Å². The molecule has 1 saturated heterocycles. The topological polar surface area (TPSA) is 27.7 Å². The Morgan fingerprint density at radius 1 is 1.30 bits per heavy atom. The van der Waals surface area contributed by atoms with Gasteiger partial charge in [0.05, 0.1) is 18.6 Å². The predicted octanol–water partition coefficient (Wildman–Crippen LogP) is 4.16. The van der Waals surface area contributed by atoms with Crippen molar-refractivity contribution < 1.29 is 14.2 Å². The van der Waals surface area contributed by atoms with Gasteiger partial charge in [0.15, 0.2) is 0 Å². The molecule has 0 N–H and O–H groups in total. The predicted molar refractivity (Wildman–Crippen MR) is 80.9 cm³/mol. The standard InChI is InChI=1S/C16H23ClO3/c1-2-8-18-14-7-6-13(11-17)16(10-14)20-12-15-5-3-4-9-19-15/h6-7,10,15H,2-5,8-9,11-12H2,1H3. The van der Waals surface area contributed by atoms with Crippen molar-refractivity contribution in [3.8, 4) is 11.5 Å². The molecule has 112 valence electrons. The van der Waals surface area contributed by atoms with E-state index in [4.69, 9.17) is 25.8 Å². The lowest BCUT2D eigenvalue weighted by molar-refractivity contribution is -0.0112.